The number of carbonyl (C=O) groups excluding carboxylic acids is 1. The lowest BCUT2D eigenvalue weighted by molar-refractivity contribution is -0.119. The lowest BCUT2D eigenvalue weighted by atomic mass is 10.4. The Hall–Kier alpha value is -0.530. The molecule has 0 spiro atoms. The Labute approximate surface area is 63.0 Å². The topological polar surface area (TPSA) is 29.1 Å². The second kappa shape index (κ2) is 6.59. The minimum absolute atomic E-state index is 0.204. The maximum Gasteiger partial charge on any atom is 0.220 e. The molecule has 60 valence electrons. The molecule has 1 amide bonds. The summed E-state index contributed by atoms with van der Waals surface area (Å²) in [6.07, 6.45) is 4.40. The number of nitrogens with one attached hydrogen (secondary N) is 1. The van der Waals surface area contributed by atoms with Crippen LogP contribution in [0, 0.1) is 0 Å². The Morgan fingerprint density at radius 1 is 1.40 bits per heavy atom. The molecule has 0 aromatic heterocycles. The smallest absolute Gasteiger partial charge is 0.220 e. The molecule has 0 aromatic carbocycles. The van der Waals surface area contributed by atoms with E-state index >= 15 is 0 Å². The Morgan fingerprint density at radius 3 is 2.10 bits per heavy atom. The van der Waals surface area contributed by atoms with E-state index in [1.807, 2.05) is 0 Å². The van der Waals surface area contributed by atoms with Crippen molar-refractivity contribution in [1.82, 2.24) is 5.32 Å². The zero-order valence-electron chi connectivity index (χ0n) is 6.94. The highest BCUT2D eigenvalue weighted by Crippen LogP contribution is 1.93. The van der Waals surface area contributed by atoms with Crippen LogP contribution in [0.15, 0.2) is 0 Å². The molecule has 0 bridgehead atoms. The third-order valence-electron chi connectivity index (χ3n) is 1.40. The molecule has 2 heteroatoms. The molecule has 1 aliphatic heterocycles. The number of hydrogen-bond donors (Lipinski definition) is 1. The van der Waals surface area contributed by atoms with Gasteiger partial charge in [0.25, 0.3) is 0 Å². The van der Waals surface area contributed by atoms with Crippen molar-refractivity contribution in [1.29, 1.82) is 0 Å². The molecule has 1 fully saturated rings. The monoisotopic (exact) mass is 143 g/mol. The van der Waals surface area contributed by atoms with E-state index in [9.17, 15) is 4.79 Å². The molecule has 0 saturated carbocycles. The van der Waals surface area contributed by atoms with Crippen LogP contribution in [-0.2, 0) is 4.79 Å². The summed E-state index contributed by atoms with van der Waals surface area (Å²) in [5.41, 5.74) is 0. The van der Waals surface area contributed by atoms with Crippen LogP contribution >= 0.6 is 0 Å². The minimum atomic E-state index is 0.204. The molecule has 1 N–H and O–H groups in total. The van der Waals surface area contributed by atoms with Crippen molar-refractivity contribution in [2.45, 2.75) is 39.5 Å². The van der Waals surface area contributed by atoms with Gasteiger partial charge in [-0.3, -0.25) is 4.79 Å². The standard InChI is InChI=1S/C4H7NO.C4H10/c6-4-2-1-3-5-4;1-3-4-2/h1-3H2,(H,5,6);3-4H2,1-2H3. The van der Waals surface area contributed by atoms with E-state index in [2.05, 4.69) is 19.2 Å². The van der Waals surface area contributed by atoms with Gasteiger partial charge in [-0.25, -0.2) is 0 Å². The molecule has 0 radical (unpaired) electrons. The average molecular weight is 143 g/mol. The van der Waals surface area contributed by atoms with Gasteiger partial charge in [-0.2, -0.15) is 0 Å². The Morgan fingerprint density at radius 2 is 2.00 bits per heavy atom. The van der Waals surface area contributed by atoms with Crippen molar-refractivity contribution in [2.75, 3.05) is 6.54 Å². The van der Waals surface area contributed by atoms with Gasteiger partial charge in [0.2, 0.25) is 5.91 Å². The molecule has 10 heavy (non-hydrogen) atoms. The van der Waals surface area contributed by atoms with Gasteiger partial charge in [0, 0.05) is 13.0 Å². The molecule has 2 nitrogen and oxygen atoms in total. The van der Waals surface area contributed by atoms with E-state index in [0.29, 0.717) is 0 Å². The van der Waals surface area contributed by atoms with Gasteiger partial charge in [0.15, 0.2) is 0 Å². The summed E-state index contributed by atoms with van der Waals surface area (Å²) in [5, 5.41) is 2.68. The lowest BCUT2D eigenvalue weighted by Gasteiger charge is -1.80. The number of hydrogen-bond acceptors (Lipinski definition) is 1. The Bertz CT molecular complexity index is 81.3. The number of amides is 1. The number of carbonyl (C=O) groups is 1. The van der Waals surface area contributed by atoms with E-state index in [-0.39, 0.29) is 5.91 Å². The van der Waals surface area contributed by atoms with Crippen LogP contribution in [0.25, 0.3) is 0 Å². The van der Waals surface area contributed by atoms with Crippen LogP contribution in [0.2, 0.25) is 0 Å². The van der Waals surface area contributed by atoms with E-state index in [1.165, 1.54) is 12.8 Å². The van der Waals surface area contributed by atoms with E-state index in [1.54, 1.807) is 0 Å². The van der Waals surface area contributed by atoms with Crippen LogP contribution in [0.1, 0.15) is 39.5 Å². The lowest BCUT2D eigenvalue weighted by Crippen LogP contribution is -2.12. The van der Waals surface area contributed by atoms with E-state index in [4.69, 9.17) is 0 Å². The summed E-state index contributed by atoms with van der Waals surface area (Å²) in [5.74, 6) is 0.204. The van der Waals surface area contributed by atoms with Crippen LogP contribution in [0.3, 0.4) is 0 Å². The molecular weight excluding hydrogens is 126 g/mol. The second-order valence-electron chi connectivity index (χ2n) is 2.45. The number of rotatable bonds is 1. The van der Waals surface area contributed by atoms with Gasteiger partial charge in [0.1, 0.15) is 0 Å². The first kappa shape index (κ1) is 9.47. The van der Waals surface area contributed by atoms with Gasteiger partial charge in [-0.1, -0.05) is 26.7 Å². The van der Waals surface area contributed by atoms with E-state index < -0.39 is 0 Å². The molecule has 0 atom stereocenters. The third kappa shape index (κ3) is 5.60. The summed E-state index contributed by atoms with van der Waals surface area (Å²) in [6.45, 7) is 5.25. The van der Waals surface area contributed by atoms with Gasteiger partial charge in [-0.05, 0) is 6.42 Å². The van der Waals surface area contributed by atoms with Crippen molar-refractivity contribution in [3.05, 3.63) is 0 Å². The predicted octanol–water partition coefficient (Wildman–Crippen LogP) is 1.70. The maximum atomic E-state index is 10.1. The summed E-state index contributed by atoms with van der Waals surface area (Å²) in [6, 6.07) is 0. The first-order chi connectivity index (χ1) is 4.81. The van der Waals surface area contributed by atoms with Crippen molar-refractivity contribution in [3.63, 3.8) is 0 Å². The van der Waals surface area contributed by atoms with Crippen LogP contribution in [0.5, 0.6) is 0 Å². The van der Waals surface area contributed by atoms with Crippen LogP contribution < -0.4 is 5.32 Å². The van der Waals surface area contributed by atoms with Crippen molar-refractivity contribution in [3.8, 4) is 0 Å². The summed E-state index contributed by atoms with van der Waals surface area (Å²) >= 11 is 0. The fourth-order valence-corrected chi connectivity index (χ4v) is 0.565. The predicted molar refractivity (Wildman–Crippen MR) is 42.8 cm³/mol. The molecule has 1 heterocycles. The van der Waals surface area contributed by atoms with Crippen molar-refractivity contribution in [2.24, 2.45) is 0 Å². The van der Waals surface area contributed by atoms with Crippen LogP contribution in [-0.4, -0.2) is 12.5 Å². The molecule has 0 unspecified atom stereocenters. The average Bonchev–Trinajstić information content (AvgIpc) is 2.40. The first-order valence-corrected chi connectivity index (χ1v) is 4.08. The quantitative estimate of drug-likeness (QED) is 0.594. The molecule has 0 aliphatic carbocycles. The van der Waals surface area contributed by atoms with Gasteiger partial charge in [-0.15, -0.1) is 0 Å². The van der Waals surface area contributed by atoms with E-state index in [0.717, 1.165) is 19.4 Å². The fraction of sp³-hybridized carbons (Fsp3) is 0.875. The summed E-state index contributed by atoms with van der Waals surface area (Å²) in [4.78, 5) is 10.1. The normalized spacial score (nSPS) is 15.6. The third-order valence-corrected chi connectivity index (χ3v) is 1.40. The Balaban J connectivity index is 0.000000180. The summed E-state index contributed by atoms with van der Waals surface area (Å²) in [7, 11) is 0. The highest BCUT2D eigenvalue weighted by Gasteiger charge is 2.05. The zero-order valence-corrected chi connectivity index (χ0v) is 6.94. The van der Waals surface area contributed by atoms with Gasteiger partial charge in [0.05, 0.1) is 0 Å². The maximum absolute atomic E-state index is 10.1. The van der Waals surface area contributed by atoms with Crippen molar-refractivity contribution >= 4 is 5.91 Å². The zero-order chi connectivity index (χ0) is 7.82. The van der Waals surface area contributed by atoms with Crippen molar-refractivity contribution < 1.29 is 4.79 Å². The fourth-order valence-electron chi connectivity index (χ4n) is 0.565. The number of unbranched alkanes of at least 4 members (excludes halogenated alkanes) is 1. The molecule has 1 rings (SSSR count). The molecule has 1 aliphatic rings. The Kier molecular flexibility index (Phi) is 6.24. The minimum Gasteiger partial charge on any atom is -0.356 e. The molecule has 0 aromatic rings. The highest BCUT2D eigenvalue weighted by atomic mass is 16.1. The van der Waals surface area contributed by atoms with Gasteiger partial charge < -0.3 is 5.32 Å². The molecular formula is C8H17NO. The SMILES string of the molecule is CCCC.O=C1CCCN1. The summed E-state index contributed by atoms with van der Waals surface area (Å²) < 4.78 is 0. The molecule has 1 saturated heterocycles. The largest absolute Gasteiger partial charge is 0.356 e. The van der Waals surface area contributed by atoms with Gasteiger partial charge >= 0.3 is 0 Å². The first-order valence-electron chi connectivity index (χ1n) is 4.08. The second-order valence-corrected chi connectivity index (χ2v) is 2.45. The highest BCUT2D eigenvalue weighted by molar-refractivity contribution is 5.77. The van der Waals surface area contributed by atoms with Crippen LogP contribution in [0.4, 0.5) is 0 Å².